The summed E-state index contributed by atoms with van der Waals surface area (Å²) in [5.41, 5.74) is 13.0. The van der Waals surface area contributed by atoms with Gasteiger partial charge in [0, 0.05) is 24.9 Å². The van der Waals surface area contributed by atoms with Crippen molar-refractivity contribution in [1.82, 2.24) is 10.3 Å². The molecule has 2 rings (SSSR count). The van der Waals surface area contributed by atoms with Crippen LogP contribution in [0.25, 0.3) is 5.57 Å². The molecule has 0 bridgehead atoms. The van der Waals surface area contributed by atoms with Gasteiger partial charge in [0.15, 0.2) is 0 Å². The molecular weight excluding hydrogens is 352 g/mol. The Balaban J connectivity index is 2.38. The van der Waals surface area contributed by atoms with Crippen molar-refractivity contribution in [3.05, 3.63) is 81.3 Å². The second-order valence-electron chi connectivity index (χ2n) is 8.48. The van der Waals surface area contributed by atoms with E-state index >= 15 is 0 Å². The lowest BCUT2D eigenvalue weighted by Gasteiger charge is -2.19. The van der Waals surface area contributed by atoms with Crippen LogP contribution in [0.15, 0.2) is 36.6 Å². The summed E-state index contributed by atoms with van der Waals surface area (Å²) in [6, 6.07) is 6.77. The fourth-order valence-corrected chi connectivity index (χ4v) is 4.05. The molecule has 156 valence electrons. The Morgan fingerprint density at radius 2 is 1.79 bits per heavy atom. The van der Waals surface area contributed by atoms with Gasteiger partial charge in [-0.2, -0.15) is 0 Å². The van der Waals surface area contributed by atoms with E-state index in [2.05, 4.69) is 84.6 Å². The van der Waals surface area contributed by atoms with Crippen LogP contribution in [0.5, 0.6) is 0 Å². The second-order valence-corrected chi connectivity index (χ2v) is 8.48. The summed E-state index contributed by atoms with van der Waals surface area (Å²) in [5.74, 6) is 0.471. The molecule has 1 N–H and O–H groups in total. The van der Waals surface area contributed by atoms with Crippen molar-refractivity contribution in [3.63, 3.8) is 0 Å². The SMILES string of the molecule is C=C(CCc1cc(C)c(Cc2ccc(C)c(/C(=C\C)C(C)C)n2)c(C)c1C)NC. The van der Waals surface area contributed by atoms with Crippen LogP contribution in [0.4, 0.5) is 0 Å². The lowest BCUT2D eigenvalue weighted by atomic mass is 9.89. The molecule has 0 radical (unpaired) electrons. The fourth-order valence-electron chi connectivity index (χ4n) is 4.05. The van der Waals surface area contributed by atoms with Gasteiger partial charge in [-0.05, 0) is 98.4 Å². The Labute approximate surface area is 178 Å². The predicted molar refractivity (Wildman–Crippen MR) is 127 cm³/mol. The van der Waals surface area contributed by atoms with Gasteiger partial charge in [-0.3, -0.25) is 4.98 Å². The van der Waals surface area contributed by atoms with Gasteiger partial charge in [0.25, 0.3) is 0 Å². The molecule has 0 unspecified atom stereocenters. The molecule has 1 aromatic heterocycles. The summed E-state index contributed by atoms with van der Waals surface area (Å²) in [6.45, 7) is 19.6. The van der Waals surface area contributed by atoms with Crippen molar-refractivity contribution in [2.24, 2.45) is 5.92 Å². The molecule has 0 amide bonds. The maximum atomic E-state index is 5.08. The molecule has 2 nitrogen and oxygen atoms in total. The topological polar surface area (TPSA) is 24.9 Å². The van der Waals surface area contributed by atoms with E-state index < -0.39 is 0 Å². The Bertz CT molecular complexity index is 917. The van der Waals surface area contributed by atoms with E-state index in [4.69, 9.17) is 4.98 Å². The normalized spacial score (nSPS) is 11.8. The number of nitrogens with one attached hydrogen (secondary N) is 1. The molecule has 0 aliphatic rings. The van der Waals surface area contributed by atoms with Crippen LogP contribution in [0, 0.1) is 33.6 Å². The zero-order valence-electron chi connectivity index (χ0n) is 19.7. The zero-order valence-corrected chi connectivity index (χ0v) is 19.7. The molecule has 0 saturated carbocycles. The molecule has 29 heavy (non-hydrogen) atoms. The van der Waals surface area contributed by atoms with E-state index in [0.717, 1.165) is 36.3 Å². The second kappa shape index (κ2) is 9.91. The first kappa shape index (κ1) is 22.9. The third-order valence-corrected chi connectivity index (χ3v) is 6.13. The van der Waals surface area contributed by atoms with Gasteiger partial charge < -0.3 is 5.32 Å². The van der Waals surface area contributed by atoms with Gasteiger partial charge in [0.2, 0.25) is 0 Å². The minimum atomic E-state index is 0.471. The molecule has 0 fully saturated rings. The van der Waals surface area contributed by atoms with Gasteiger partial charge >= 0.3 is 0 Å². The van der Waals surface area contributed by atoms with Gasteiger partial charge in [-0.25, -0.2) is 0 Å². The van der Waals surface area contributed by atoms with Crippen molar-refractivity contribution >= 4 is 5.57 Å². The van der Waals surface area contributed by atoms with E-state index in [0.29, 0.717) is 5.92 Å². The number of hydrogen-bond acceptors (Lipinski definition) is 2. The number of benzene rings is 1. The minimum Gasteiger partial charge on any atom is -0.392 e. The van der Waals surface area contributed by atoms with E-state index in [-0.39, 0.29) is 0 Å². The smallest absolute Gasteiger partial charge is 0.0693 e. The molecule has 1 heterocycles. The van der Waals surface area contributed by atoms with Gasteiger partial charge in [-0.15, -0.1) is 0 Å². The van der Waals surface area contributed by atoms with E-state index in [1.165, 1.54) is 39.0 Å². The van der Waals surface area contributed by atoms with Gasteiger partial charge in [0.05, 0.1) is 5.69 Å². The highest BCUT2D eigenvalue weighted by atomic mass is 14.8. The molecule has 2 heteroatoms. The van der Waals surface area contributed by atoms with E-state index in [1.54, 1.807) is 0 Å². The maximum Gasteiger partial charge on any atom is 0.0693 e. The van der Waals surface area contributed by atoms with Crippen molar-refractivity contribution in [2.45, 2.75) is 67.7 Å². The van der Waals surface area contributed by atoms with E-state index in [9.17, 15) is 0 Å². The van der Waals surface area contributed by atoms with Crippen LogP contribution in [0.2, 0.25) is 0 Å². The Kier molecular flexibility index (Phi) is 7.84. The van der Waals surface area contributed by atoms with E-state index in [1.807, 2.05) is 7.05 Å². The molecule has 1 aromatic carbocycles. The molecule has 2 aromatic rings. The third-order valence-electron chi connectivity index (χ3n) is 6.13. The monoisotopic (exact) mass is 390 g/mol. The number of nitrogens with zero attached hydrogens (tertiary/aromatic N) is 1. The summed E-state index contributed by atoms with van der Waals surface area (Å²) in [6.07, 6.45) is 5.09. The zero-order chi connectivity index (χ0) is 21.7. The van der Waals surface area contributed by atoms with Crippen LogP contribution in [0.3, 0.4) is 0 Å². The highest BCUT2D eigenvalue weighted by molar-refractivity contribution is 5.66. The Morgan fingerprint density at radius 3 is 2.38 bits per heavy atom. The number of rotatable bonds is 8. The van der Waals surface area contributed by atoms with Crippen LogP contribution >= 0.6 is 0 Å². The Hall–Kier alpha value is -2.35. The summed E-state index contributed by atoms with van der Waals surface area (Å²) in [5, 5.41) is 3.15. The summed E-state index contributed by atoms with van der Waals surface area (Å²) in [4.78, 5) is 5.08. The largest absolute Gasteiger partial charge is 0.392 e. The lowest BCUT2D eigenvalue weighted by molar-refractivity contribution is 0.833. The Morgan fingerprint density at radius 1 is 1.10 bits per heavy atom. The van der Waals surface area contributed by atoms with Crippen molar-refractivity contribution in [3.8, 4) is 0 Å². The maximum absolute atomic E-state index is 5.08. The van der Waals surface area contributed by atoms with Crippen molar-refractivity contribution < 1.29 is 0 Å². The van der Waals surface area contributed by atoms with Crippen LogP contribution in [-0.4, -0.2) is 12.0 Å². The average Bonchev–Trinajstić information content (AvgIpc) is 2.69. The van der Waals surface area contributed by atoms with Gasteiger partial charge in [0.1, 0.15) is 0 Å². The highest BCUT2D eigenvalue weighted by Crippen LogP contribution is 2.28. The summed E-state index contributed by atoms with van der Waals surface area (Å²) in [7, 11) is 1.94. The van der Waals surface area contributed by atoms with Crippen molar-refractivity contribution in [2.75, 3.05) is 7.05 Å². The quantitative estimate of drug-likeness (QED) is 0.547. The number of allylic oxidation sites excluding steroid dienone is 3. The molecule has 0 spiro atoms. The first-order valence-corrected chi connectivity index (χ1v) is 10.8. The predicted octanol–water partition coefficient (Wildman–Crippen LogP) is 6.63. The van der Waals surface area contributed by atoms with Crippen molar-refractivity contribution in [1.29, 1.82) is 0 Å². The number of aryl methyl sites for hydroxylation is 3. The molecule has 0 aliphatic carbocycles. The summed E-state index contributed by atoms with van der Waals surface area (Å²) < 4.78 is 0. The molecule has 0 saturated heterocycles. The van der Waals surface area contributed by atoms with Crippen LogP contribution < -0.4 is 5.32 Å². The molecule has 0 aliphatic heterocycles. The summed E-state index contributed by atoms with van der Waals surface area (Å²) >= 11 is 0. The standard InChI is InChI=1S/C27H38N2/c1-10-25(17(2)3)27-18(4)11-14-24(29-27)16-26-19(5)15-23(21(7)22(26)8)13-12-20(6)28-9/h10-11,14-15,17,28H,6,12-13,16H2,1-5,7-9H3/b25-10-. The number of aromatic nitrogens is 1. The lowest BCUT2D eigenvalue weighted by Crippen LogP contribution is -2.08. The fraction of sp³-hybridized carbons (Fsp3) is 0.444. The first-order valence-electron chi connectivity index (χ1n) is 10.8. The van der Waals surface area contributed by atoms with Crippen LogP contribution in [0.1, 0.15) is 72.0 Å². The number of hydrogen-bond donors (Lipinski definition) is 1. The first-order chi connectivity index (χ1) is 13.7. The molecular formula is C27H38N2. The minimum absolute atomic E-state index is 0.471. The number of pyridine rings is 1. The third kappa shape index (κ3) is 5.38. The average molecular weight is 391 g/mol. The molecule has 0 atom stereocenters. The van der Waals surface area contributed by atoms with Crippen LogP contribution in [-0.2, 0) is 12.8 Å². The highest BCUT2D eigenvalue weighted by Gasteiger charge is 2.14. The van der Waals surface area contributed by atoms with Gasteiger partial charge in [-0.1, -0.05) is 38.6 Å².